The maximum absolute atomic E-state index is 12.0. The number of hydrogen-bond acceptors (Lipinski definition) is 3. The van der Waals surface area contributed by atoms with E-state index in [1.54, 1.807) is 11.3 Å². The van der Waals surface area contributed by atoms with Crippen LogP contribution >= 0.6 is 11.3 Å². The lowest BCUT2D eigenvalue weighted by molar-refractivity contribution is -0.122. The third-order valence-electron chi connectivity index (χ3n) is 3.44. The molecular formula is C14H22N2OS. The van der Waals surface area contributed by atoms with E-state index >= 15 is 0 Å². The molecule has 1 amide bonds. The van der Waals surface area contributed by atoms with Crippen LogP contribution in [0, 0.1) is 12.8 Å². The highest BCUT2D eigenvalue weighted by atomic mass is 32.1. The fraction of sp³-hybridized carbons (Fsp3) is 0.643. The van der Waals surface area contributed by atoms with Crippen LogP contribution in [0.5, 0.6) is 0 Å². The van der Waals surface area contributed by atoms with E-state index in [2.05, 4.69) is 36.6 Å². The number of piperidine rings is 1. The van der Waals surface area contributed by atoms with Gasteiger partial charge in [-0.2, -0.15) is 0 Å². The molecule has 1 aromatic heterocycles. The van der Waals surface area contributed by atoms with Gasteiger partial charge in [0.15, 0.2) is 0 Å². The number of nitrogens with one attached hydrogen (secondary N) is 2. The molecule has 2 N–H and O–H groups in total. The summed E-state index contributed by atoms with van der Waals surface area (Å²) in [6.45, 7) is 6.24. The highest BCUT2D eigenvalue weighted by molar-refractivity contribution is 7.12. The minimum absolute atomic E-state index is 0.132. The predicted octanol–water partition coefficient (Wildman–Crippen LogP) is 2.62. The maximum atomic E-state index is 12.0. The van der Waals surface area contributed by atoms with E-state index in [4.69, 9.17) is 0 Å². The highest BCUT2D eigenvalue weighted by Crippen LogP contribution is 2.22. The van der Waals surface area contributed by atoms with Crippen LogP contribution in [-0.2, 0) is 4.79 Å². The molecule has 1 aromatic rings. The average Bonchev–Trinajstić information content (AvgIpc) is 2.77. The number of thiophene rings is 1. The van der Waals surface area contributed by atoms with Crippen LogP contribution in [0.1, 0.15) is 42.0 Å². The Morgan fingerprint density at radius 2 is 2.44 bits per heavy atom. The molecule has 0 radical (unpaired) electrons. The summed E-state index contributed by atoms with van der Waals surface area (Å²) in [5.74, 6) is 0.693. The summed E-state index contributed by atoms with van der Waals surface area (Å²) in [5, 5.41) is 6.45. The first kappa shape index (κ1) is 13.6. The van der Waals surface area contributed by atoms with Gasteiger partial charge in [-0.3, -0.25) is 4.79 Å². The zero-order valence-electron chi connectivity index (χ0n) is 11.2. The first-order chi connectivity index (χ1) is 8.65. The first-order valence-corrected chi connectivity index (χ1v) is 7.53. The molecule has 2 atom stereocenters. The summed E-state index contributed by atoms with van der Waals surface area (Å²) in [7, 11) is 0. The molecule has 4 heteroatoms. The molecule has 0 aromatic carbocycles. The van der Waals surface area contributed by atoms with Gasteiger partial charge in [-0.1, -0.05) is 0 Å². The molecule has 2 heterocycles. The van der Waals surface area contributed by atoms with Crippen molar-refractivity contribution in [2.45, 2.75) is 39.2 Å². The van der Waals surface area contributed by atoms with Crippen LogP contribution in [0.4, 0.5) is 0 Å². The van der Waals surface area contributed by atoms with Gasteiger partial charge in [-0.05, 0) is 57.8 Å². The smallest absolute Gasteiger partial charge is 0.220 e. The summed E-state index contributed by atoms with van der Waals surface area (Å²) in [5.41, 5.74) is 0. The van der Waals surface area contributed by atoms with Gasteiger partial charge < -0.3 is 10.6 Å². The molecule has 0 bridgehead atoms. The Kier molecular flexibility index (Phi) is 4.78. The van der Waals surface area contributed by atoms with E-state index in [0.717, 1.165) is 13.1 Å². The van der Waals surface area contributed by atoms with Crippen molar-refractivity contribution in [3.05, 3.63) is 21.9 Å². The van der Waals surface area contributed by atoms with Gasteiger partial charge in [0.2, 0.25) is 5.91 Å². The average molecular weight is 266 g/mol. The van der Waals surface area contributed by atoms with Crippen LogP contribution < -0.4 is 10.6 Å². The van der Waals surface area contributed by atoms with Gasteiger partial charge in [-0.25, -0.2) is 0 Å². The van der Waals surface area contributed by atoms with Gasteiger partial charge in [0.1, 0.15) is 0 Å². The van der Waals surface area contributed by atoms with Crippen LogP contribution in [0.25, 0.3) is 0 Å². The molecule has 1 saturated heterocycles. The molecule has 1 aliphatic rings. The Bertz CT molecular complexity index is 396. The molecule has 0 aliphatic carbocycles. The van der Waals surface area contributed by atoms with Gasteiger partial charge in [0.25, 0.3) is 0 Å². The lowest BCUT2D eigenvalue weighted by Crippen LogP contribution is -2.34. The van der Waals surface area contributed by atoms with Crippen molar-refractivity contribution in [3.63, 3.8) is 0 Å². The topological polar surface area (TPSA) is 41.1 Å². The van der Waals surface area contributed by atoms with Crippen molar-refractivity contribution < 1.29 is 4.79 Å². The Morgan fingerprint density at radius 3 is 3.06 bits per heavy atom. The number of hydrogen-bond donors (Lipinski definition) is 2. The summed E-state index contributed by atoms with van der Waals surface area (Å²) in [6, 6.07) is 4.34. The predicted molar refractivity (Wildman–Crippen MR) is 75.8 cm³/mol. The fourth-order valence-corrected chi connectivity index (χ4v) is 3.30. The molecule has 0 spiro atoms. The zero-order chi connectivity index (χ0) is 13.0. The highest BCUT2D eigenvalue weighted by Gasteiger charge is 2.18. The molecule has 2 unspecified atom stereocenters. The van der Waals surface area contributed by atoms with Gasteiger partial charge in [-0.15, -0.1) is 11.3 Å². The number of carbonyl (C=O) groups excluding carboxylic acids is 1. The minimum atomic E-state index is 0.132. The quantitative estimate of drug-likeness (QED) is 0.879. The van der Waals surface area contributed by atoms with Crippen LogP contribution in [0.15, 0.2) is 12.1 Å². The second kappa shape index (κ2) is 6.34. The van der Waals surface area contributed by atoms with Crippen LogP contribution in [0.3, 0.4) is 0 Å². The molecular weight excluding hydrogens is 244 g/mol. The van der Waals surface area contributed by atoms with Crippen molar-refractivity contribution in [1.29, 1.82) is 0 Å². The van der Waals surface area contributed by atoms with Gasteiger partial charge >= 0.3 is 0 Å². The largest absolute Gasteiger partial charge is 0.349 e. The SMILES string of the molecule is Cc1ccc(C(C)NC(=O)CC2CCCNC2)s1. The zero-order valence-corrected chi connectivity index (χ0v) is 12.0. The number of rotatable bonds is 4. The summed E-state index contributed by atoms with van der Waals surface area (Å²) in [4.78, 5) is 14.5. The second-order valence-corrected chi connectivity index (χ2v) is 6.47. The summed E-state index contributed by atoms with van der Waals surface area (Å²) in [6.07, 6.45) is 3.02. The molecule has 0 saturated carbocycles. The number of aryl methyl sites for hydroxylation is 1. The maximum Gasteiger partial charge on any atom is 0.220 e. The van der Waals surface area contributed by atoms with Crippen molar-refractivity contribution in [3.8, 4) is 0 Å². The third-order valence-corrected chi connectivity index (χ3v) is 4.62. The van der Waals surface area contributed by atoms with E-state index in [1.807, 2.05) is 0 Å². The van der Waals surface area contributed by atoms with Crippen molar-refractivity contribution in [2.24, 2.45) is 5.92 Å². The Hall–Kier alpha value is -0.870. The molecule has 18 heavy (non-hydrogen) atoms. The molecule has 100 valence electrons. The van der Waals surface area contributed by atoms with E-state index < -0.39 is 0 Å². The number of carbonyl (C=O) groups is 1. The summed E-state index contributed by atoms with van der Waals surface area (Å²) < 4.78 is 0. The van der Waals surface area contributed by atoms with Gasteiger partial charge in [0, 0.05) is 16.2 Å². The Labute approximate surface area is 113 Å². The normalized spacial score (nSPS) is 21.6. The lowest BCUT2D eigenvalue weighted by atomic mass is 9.96. The first-order valence-electron chi connectivity index (χ1n) is 6.71. The minimum Gasteiger partial charge on any atom is -0.349 e. The van der Waals surface area contributed by atoms with Gasteiger partial charge in [0.05, 0.1) is 6.04 Å². The third kappa shape index (κ3) is 3.82. The Balaban J connectivity index is 1.79. The standard InChI is InChI=1S/C14H22N2OS/c1-10-5-6-13(18-10)11(2)16-14(17)8-12-4-3-7-15-9-12/h5-6,11-12,15H,3-4,7-9H2,1-2H3,(H,16,17). The van der Waals surface area contributed by atoms with E-state index in [1.165, 1.54) is 22.6 Å². The van der Waals surface area contributed by atoms with Crippen molar-refractivity contribution >= 4 is 17.2 Å². The molecule has 3 nitrogen and oxygen atoms in total. The fourth-order valence-electron chi connectivity index (χ4n) is 2.42. The van der Waals surface area contributed by atoms with E-state index in [0.29, 0.717) is 12.3 Å². The summed E-state index contributed by atoms with van der Waals surface area (Å²) >= 11 is 1.76. The molecule has 1 aliphatic heterocycles. The molecule has 1 fully saturated rings. The monoisotopic (exact) mass is 266 g/mol. The van der Waals surface area contributed by atoms with E-state index in [-0.39, 0.29) is 11.9 Å². The van der Waals surface area contributed by atoms with Crippen LogP contribution in [-0.4, -0.2) is 19.0 Å². The molecule has 2 rings (SSSR count). The Morgan fingerprint density at radius 1 is 1.61 bits per heavy atom. The number of amides is 1. The second-order valence-electron chi connectivity index (χ2n) is 5.15. The van der Waals surface area contributed by atoms with Crippen LogP contribution in [0.2, 0.25) is 0 Å². The van der Waals surface area contributed by atoms with E-state index in [9.17, 15) is 4.79 Å². The lowest BCUT2D eigenvalue weighted by Gasteiger charge is -2.23. The van der Waals surface area contributed by atoms with Crippen molar-refractivity contribution in [2.75, 3.05) is 13.1 Å². The van der Waals surface area contributed by atoms with Crippen molar-refractivity contribution in [1.82, 2.24) is 10.6 Å².